The Kier molecular flexibility index (Phi) is 5.06. The fraction of sp³-hybridized carbons (Fsp3) is 0.231. The topological polar surface area (TPSA) is 51.1 Å². The molecule has 2 rings (SSSR count). The van der Waals surface area contributed by atoms with E-state index < -0.39 is 10.0 Å². The Balaban J connectivity index is 2.12. The second-order valence-corrected chi connectivity index (χ2v) is 7.79. The summed E-state index contributed by atoms with van der Waals surface area (Å²) >= 11 is 6.66. The Labute approximate surface area is 135 Å². The summed E-state index contributed by atoms with van der Waals surface area (Å²) in [4.78, 5) is 0.238. The van der Waals surface area contributed by atoms with Crippen LogP contribution in [-0.4, -0.2) is 19.5 Å². The van der Waals surface area contributed by atoms with Gasteiger partial charge in [-0.05, 0) is 52.7 Å². The highest BCUT2D eigenvalue weighted by molar-refractivity contribution is 9.11. The van der Waals surface area contributed by atoms with Gasteiger partial charge >= 0.3 is 0 Å². The smallest absolute Gasteiger partial charge is 0.241 e. The van der Waals surface area contributed by atoms with Crippen LogP contribution in [0.2, 0.25) is 0 Å². The molecule has 0 saturated carbocycles. The van der Waals surface area contributed by atoms with Gasteiger partial charge in [-0.3, -0.25) is 0 Å². The normalized spacial score (nSPS) is 11.8. The molecule has 1 N–H and O–H groups in total. The van der Waals surface area contributed by atoms with Crippen molar-refractivity contribution >= 4 is 41.9 Å². The molecule has 0 aliphatic rings. The molecule has 1 aromatic heterocycles. The summed E-state index contributed by atoms with van der Waals surface area (Å²) in [5.74, 6) is 0. The Bertz CT molecular complexity index is 697. The van der Waals surface area contributed by atoms with Crippen LogP contribution in [0.1, 0.15) is 5.56 Å². The molecule has 0 spiro atoms. The van der Waals surface area contributed by atoms with Crippen molar-refractivity contribution in [3.05, 3.63) is 51.2 Å². The van der Waals surface area contributed by atoms with Crippen molar-refractivity contribution in [2.24, 2.45) is 0 Å². The van der Waals surface area contributed by atoms with Gasteiger partial charge < -0.3 is 4.57 Å². The van der Waals surface area contributed by atoms with Crippen LogP contribution in [0.25, 0.3) is 0 Å². The maximum atomic E-state index is 12.3. The highest BCUT2D eigenvalue weighted by Crippen LogP contribution is 2.28. The first-order valence-electron chi connectivity index (χ1n) is 5.96. The number of aromatic nitrogens is 1. The lowest BCUT2D eigenvalue weighted by atomic mass is 10.2. The Hall–Kier alpha value is -0.630. The number of nitrogens with zero attached hydrogens (tertiary/aromatic N) is 1. The van der Waals surface area contributed by atoms with Gasteiger partial charge in [0.1, 0.15) is 0 Å². The van der Waals surface area contributed by atoms with Crippen molar-refractivity contribution in [2.45, 2.75) is 18.4 Å². The first-order chi connectivity index (χ1) is 9.40. The average Bonchev–Trinajstić information content (AvgIpc) is 2.86. The number of halogens is 2. The second kappa shape index (κ2) is 6.43. The van der Waals surface area contributed by atoms with Crippen LogP contribution >= 0.6 is 31.9 Å². The average molecular weight is 422 g/mol. The van der Waals surface area contributed by atoms with Crippen LogP contribution in [0.5, 0.6) is 0 Å². The minimum atomic E-state index is -3.52. The molecule has 20 heavy (non-hydrogen) atoms. The maximum absolute atomic E-state index is 12.3. The third-order valence-electron chi connectivity index (χ3n) is 2.83. The zero-order chi connectivity index (χ0) is 14.8. The minimum absolute atomic E-state index is 0.238. The van der Waals surface area contributed by atoms with E-state index in [1.165, 1.54) is 0 Å². The molecule has 4 nitrogen and oxygen atoms in total. The highest BCUT2D eigenvalue weighted by atomic mass is 79.9. The molecule has 0 radical (unpaired) electrons. The van der Waals surface area contributed by atoms with Gasteiger partial charge in [0.05, 0.1) is 4.90 Å². The van der Waals surface area contributed by atoms with Gasteiger partial charge in [0.2, 0.25) is 10.0 Å². The zero-order valence-corrected chi connectivity index (χ0v) is 14.8. The molecule has 0 aliphatic carbocycles. The monoisotopic (exact) mass is 420 g/mol. The Morgan fingerprint density at radius 2 is 1.80 bits per heavy atom. The summed E-state index contributed by atoms with van der Waals surface area (Å²) in [5, 5.41) is 0. The van der Waals surface area contributed by atoms with Gasteiger partial charge in [-0.2, -0.15) is 0 Å². The predicted octanol–water partition coefficient (Wildman–Crippen LogP) is 3.30. The summed E-state index contributed by atoms with van der Waals surface area (Å²) in [7, 11) is -3.52. The van der Waals surface area contributed by atoms with Crippen LogP contribution in [0.3, 0.4) is 0 Å². The lowest BCUT2D eigenvalue weighted by molar-refractivity contribution is 0.572. The standard InChI is InChI=1S/C13H14Br2N2O2S/c1-10-8-12(15)13(9-11(10)14)20(18,19)16-4-7-17-5-2-3-6-17/h2-3,5-6,8-9,16H,4,7H2,1H3. The molecule has 1 heterocycles. The first-order valence-corrected chi connectivity index (χ1v) is 9.03. The third-order valence-corrected chi connectivity index (χ3v) is 6.10. The molecule has 0 saturated heterocycles. The van der Waals surface area contributed by atoms with Gasteiger partial charge in [-0.1, -0.05) is 15.9 Å². The summed E-state index contributed by atoms with van der Waals surface area (Å²) in [5.41, 5.74) is 0.975. The van der Waals surface area contributed by atoms with E-state index >= 15 is 0 Å². The largest absolute Gasteiger partial charge is 0.353 e. The molecular formula is C13H14Br2N2O2S. The second-order valence-electron chi connectivity index (χ2n) is 4.35. The van der Waals surface area contributed by atoms with Crippen LogP contribution in [-0.2, 0) is 16.6 Å². The number of hydrogen-bond donors (Lipinski definition) is 1. The van der Waals surface area contributed by atoms with Crippen molar-refractivity contribution in [3.8, 4) is 0 Å². The van der Waals surface area contributed by atoms with Crippen molar-refractivity contribution in [3.63, 3.8) is 0 Å². The molecule has 0 amide bonds. The van der Waals surface area contributed by atoms with Gasteiger partial charge in [-0.15, -0.1) is 0 Å². The van der Waals surface area contributed by atoms with Gasteiger partial charge in [0.25, 0.3) is 0 Å². The van der Waals surface area contributed by atoms with Gasteiger partial charge in [0, 0.05) is 34.4 Å². The van der Waals surface area contributed by atoms with E-state index in [1.807, 2.05) is 36.0 Å². The lowest BCUT2D eigenvalue weighted by Crippen LogP contribution is -2.27. The third kappa shape index (κ3) is 3.72. The number of aryl methyl sites for hydroxylation is 1. The molecule has 2 aromatic rings. The zero-order valence-electron chi connectivity index (χ0n) is 10.8. The molecule has 0 unspecified atom stereocenters. The van der Waals surface area contributed by atoms with Gasteiger partial charge in [0.15, 0.2) is 0 Å². The molecule has 1 aromatic carbocycles. The van der Waals surface area contributed by atoms with E-state index in [0.29, 0.717) is 17.6 Å². The predicted molar refractivity (Wildman–Crippen MR) is 86.2 cm³/mol. The van der Waals surface area contributed by atoms with Crippen LogP contribution in [0.4, 0.5) is 0 Å². The quantitative estimate of drug-likeness (QED) is 0.805. The van der Waals surface area contributed by atoms with E-state index in [1.54, 1.807) is 12.1 Å². The van der Waals surface area contributed by atoms with Crippen molar-refractivity contribution in [1.29, 1.82) is 0 Å². The van der Waals surface area contributed by atoms with E-state index in [4.69, 9.17) is 0 Å². The summed E-state index contributed by atoms with van der Waals surface area (Å²) in [6.07, 6.45) is 3.79. The van der Waals surface area contributed by atoms with Crippen LogP contribution in [0, 0.1) is 6.92 Å². The van der Waals surface area contributed by atoms with E-state index in [9.17, 15) is 8.42 Å². The first kappa shape index (κ1) is 15.8. The van der Waals surface area contributed by atoms with Crippen LogP contribution < -0.4 is 4.72 Å². The molecule has 0 fully saturated rings. The molecular weight excluding hydrogens is 408 g/mol. The molecule has 0 aliphatic heterocycles. The van der Waals surface area contributed by atoms with Crippen molar-refractivity contribution in [1.82, 2.24) is 9.29 Å². The molecule has 108 valence electrons. The Morgan fingerprint density at radius 3 is 2.45 bits per heavy atom. The summed E-state index contributed by atoms with van der Waals surface area (Å²) in [6.45, 7) is 2.84. The van der Waals surface area contributed by atoms with Crippen molar-refractivity contribution < 1.29 is 8.42 Å². The van der Waals surface area contributed by atoms with E-state index in [-0.39, 0.29) is 4.90 Å². The molecule has 0 atom stereocenters. The molecule has 7 heteroatoms. The lowest BCUT2D eigenvalue weighted by Gasteiger charge is -2.10. The van der Waals surface area contributed by atoms with E-state index in [2.05, 4.69) is 36.6 Å². The fourth-order valence-corrected chi connectivity index (χ4v) is 4.44. The van der Waals surface area contributed by atoms with Crippen LogP contribution in [0.15, 0.2) is 50.5 Å². The van der Waals surface area contributed by atoms with E-state index in [0.717, 1.165) is 10.0 Å². The maximum Gasteiger partial charge on any atom is 0.241 e. The summed E-state index contributed by atoms with van der Waals surface area (Å²) < 4.78 is 30.4. The fourth-order valence-electron chi connectivity index (χ4n) is 1.74. The number of hydrogen-bond acceptors (Lipinski definition) is 2. The number of benzene rings is 1. The molecule has 0 bridgehead atoms. The number of nitrogens with one attached hydrogen (secondary N) is 1. The minimum Gasteiger partial charge on any atom is -0.353 e. The Morgan fingerprint density at radius 1 is 1.15 bits per heavy atom. The summed E-state index contributed by atoms with van der Waals surface area (Å²) in [6, 6.07) is 7.20. The highest BCUT2D eigenvalue weighted by Gasteiger charge is 2.18. The number of rotatable bonds is 5. The van der Waals surface area contributed by atoms with Crippen molar-refractivity contribution in [2.75, 3.05) is 6.54 Å². The number of sulfonamides is 1. The van der Waals surface area contributed by atoms with Gasteiger partial charge in [-0.25, -0.2) is 13.1 Å². The SMILES string of the molecule is Cc1cc(Br)c(S(=O)(=O)NCCn2cccc2)cc1Br.